The number of carbonyl (C=O) groups excluding carboxylic acids is 1. The Labute approximate surface area is 175 Å². The number of benzene rings is 1. The van der Waals surface area contributed by atoms with Gasteiger partial charge < -0.3 is 10.2 Å². The Kier molecular flexibility index (Phi) is 5.41. The van der Waals surface area contributed by atoms with E-state index < -0.39 is 0 Å². The number of nitrogens with zero attached hydrogens (tertiary/aromatic N) is 4. The molecule has 1 atom stereocenters. The minimum absolute atomic E-state index is 0.0491. The fourth-order valence-electron chi connectivity index (χ4n) is 4.05. The Balaban J connectivity index is 1.46. The van der Waals surface area contributed by atoms with Crippen LogP contribution in [0.15, 0.2) is 30.3 Å². The molecule has 152 valence electrons. The molecule has 3 heterocycles. The van der Waals surface area contributed by atoms with E-state index in [1.165, 1.54) is 0 Å². The van der Waals surface area contributed by atoms with Crippen molar-refractivity contribution in [1.29, 1.82) is 0 Å². The summed E-state index contributed by atoms with van der Waals surface area (Å²) >= 11 is 1.58. The highest BCUT2D eigenvalue weighted by atomic mass is 32.1. The van der Waals surface area contributed by atoms with E-state index in [0.717, 1.165) is 57.9 Å². The van der Waals surface area contributed by atoms with Crippen LogP contribution in [0.25, 0.3) is 5.13 Å². The van der Waals surface area contributed by atoms with Gasteiger partial charge >= 0.3 is 0 Å². The van der Waals surface area contributed by atoms with Crippen LogP contribution in [-0.4, -0.2) is 33.8 Å². The Bertz CT molecular complexity index is 998. The van der Waals surface area contributed by atoms with Crippen LogP contribution in [-0.2, 0) is 4.79 Å². The van der Waals surface area contributed by atoms with E-state index in [9.17, 15) is 4.79 Å². The van der Waals surface area contributed by atoms with Crippen LogP contribution in [0.4, 0.5) is 10.8 Å². The minimum atomic E-state index is -0.0491. The first-order valence-corrected chi connectivity index (χ1v) is 10.9. The summed E-state index contributed by atoms with van der Waals surface area (Å²) in [6.07, 6.45) is 1.87. The maximum atomic E-state index is 12.9. The van der Waals surface area contributed by atoms with Crippen molar-refractivity contribution < 1.29 is 4.79 Å². The van der Waals surface area contributed by atoms with Crippen molar-refractivity contribution in [2.45, 2.75) is 40.5 Å². The third kappa shape index (κ3) is 4.19. The highest BCUT2D eigenvalue weighted by Crippen LogP contribution is 2.29. The van der Waals surface area contributed by atoms with Gasteiger partial charge in [0.05, 0.1) is 5.92 Å². The minimum Gasteiger partial charge on any atom is -0.346 e. The molecule has 1 aromatic carbocycles. The Hall–Kier alpha value is -2.67. The van der Waals surface area contributed by atoms with Crippen LogP contribution >= 0.6 is 11.3 Å². The number of aryl methyl sites for hydroxylation is 4. The molecular weight excluding hydrogens is 382 g/mol. The first-order chi connectivity index (χ1) is 13.9. The molecule has 4 rings (SSSR count). The van der Waals surface area contributed by atoms with E-state index in [4.69, 9.17) is 0 Å². The average molecular weight is 410 g/mol. The summed E-state index contributed by atoms with van der Waals surface area (Å²) in [5.41, 5.74) is 5.48. The van der Waals surface area contributed by atoms with Gasteiger partial charge in [-0.25, -0.2) is 0 Å². The summed E-state index contributed by atoms with van der Waals surface area (Å²) < 4.78 is 2.12. The molecule has 0 radical (unpaired) electrons. The molecule has 0 bridgehead atoms. The molecule has 0 spiro atoms. The van der Waals surface area contributed by atoms with Gasteiger partial charge in [-0.2, -0.15) is 0 Å². The smallest absolute Gasteiger partial charge is 0.229 e. The van der Waals surface area contributed by atoms with Crippen molar-refractivity contribution in [3.8, 4) is 5.13 Å². The van der Waals surface area contributed by atoms with E-state index in [-0.39, 0.29) is 11.8 Å². The third-order valence-electron chi connectivity index (χ3n) is 5.42. The van der Waals surface area contributed by atoms with Gasteiger partial charge in [0.1, 0.15) is 0 Å². The fraction of sp³-hybridized carbons (Fsp3) is 0.409. The number of rotatable bonds is 4. The molecule has 0 saturated carbocycles. The van der Waals surface area contributed by atoms with Crippen LogP contribution in [0.3, 0.4) is 0 Å². The molecular formula is C22H27N5OS. The SMILES string of the molecule is Cc1cc(C)cc(NC(=O)C2CCCN(c3nnc(-n4c(C)ccc4C)s3)C2)c1. The van der Waals surface area contributed by atoms with Crippen molar-refractivity contribution >= 4 is 28.1 Å². The molecule has 1 amide bonds. The Morgan fingerprint density at radius 1 is 1.03 bits per heavy atom. The highest BCUT2D eigenvalue weighted by Gasteiger charge is 2.28. The summed E-state index contributed by atoms with van der Waals surface area (Å²) in [6, 6.07) is 10.3. The van der Waals surface area contributed by atoms with Gasteiger partial charge in [-0.1, -0.05) is 17.4 Å². The molecule has 1 saturated heterocycles. The second-order valence-corrected chi connectivity index (χ2v) is 8.90. The first-order valence-electron chi connectivity index (χ1n) is 10.0. The predicted octanol–water partition coefficient (Wildman–Crippen LogP) is 4.42. The maximum absolute atomic E-state index is 12.9. The van der Waals surface area contributed by atoms with Crippen molar-refractivity contribution in [3.05, 3.63) is 52.8 Å². The van der Waals surface area contributed by atoms with Gasteiger partial charge in [0.2, 0.25) is 16.2 Å². The molecule has 2 aromatic heterocycles. The quantitative estimate of drug-likeness (QED) is 0.693. The molecule has 29 heavy (non-hydrogen) atoms. The van der Waals surface area contributed by atoms with Gasteiger partial charge in [-0.3, -0.25) is 9.36 Å². The van der Waals surface area contributed by atoms with Gasteiger partial charge in [0, 0.05) is 30.2 Å². The number of nitrogens with one attached hydrogen (secondary N) is 1. The molecule has 7 heteroatoms. The van der Waals surface area contributed by atoms with E-state index in [0.29, 0.717) is 6.54 Å². The molecule has 6 nitrogen and oxygen atoms in total. The van der Waals surface area contributed by atoms with Crippen LogP contribution in [0.5, 0.6) is 0 Å². The number of carbonyl (C=O) groups is 1. The summed E-state index contributed by atoms with van der Waals surface area (Å²) in [5, 5.41) is 13.7. The second kappa shape index (κ2) is 7.99. The van der Waals surface area contributed by atoms with Crippen LogP contribution in [0.1, 0.15) is 35.4 Å². The first kappa shape index (κ1) is 19.6. The van der Waals surface area contributed by atoms with Gasteiger partial charge in [-0.15, -0.1) is 10.2 Å². The van der Waals surface area contributed by atoms with E-state index in [1.54, 1.807) is 11.3 Å². The van der Waals surface area contributed by atoms with Crippen molar-refractivity contribution in [3.63, 3.8) is 0 Å². The summed E-state index contributed by atoms with van der Waals surface area (Å²) in [7, 11) is 0. The topological polar surface area (TPSA) is 63.1 Å². The van der Waals surface area contributed by atoms with Crippen molar-refractivity contribution in [2.24, 2.45) is 5.92 Å². The van der Waals surface area contributed by atoms with Gasteiger partial charge in [0.25, 0.3) is 0 Å². The number of hydrogen-bond acceptors (Lipinski definition) is 5. The van der Waals surface area contributed by atoms with Crippen molar-refractivity contribution in [1.82, 2.24) is 14.8 Å². The Morgan fingerprint density at radius 2 is 1.69 bits per heavy atom. The lowest BCUT2D eigenvalue weighted by Crippen LogP contribution is -2.40. The molecule has 1 aliphatic heterocycles. The molecule has 1 fully saturated rings. The molecule has 1 N–H and O–H groups in total. The zero-order chi connectivity index (χ0) is 20.5. The van der Waals surface area contributed by atoms with Gasteiger partial charge in [-0.05, 0) is 75.9 Å². The molecule has 0 aliphatic carbocycles. The molecule has 1 unspecified atom stereocenters. The highest BCUT2D eigenvalue weighted by molar-refractivity contribution is 7.17. The number of aromatic nitrogens is 3. The lowest BCUT2D eigenvalue weighted by Gasteiger charge is -2.31. The van der Waals surface area contributed by atoms with Crippen LogP contribution in [0.2, 0.25) is 0 Å². The van der Waals surface area contributed by atoms with E-state index in [2.05, 4.69) is 57.0 Å². The van der Waals surface area contributed by atoms with Gasteiger partial charge in [0.15, 0.2) is 0 Å². The van der Waals surface area contributed by atoms with Crippen LogP contribution < -0.4 is 10.2 Å². The molecule has 3 aromatic rings. The normalized spacial score (nSPS) is 16.8. The largest absolute Gasteiger partial charge is 0.346 e. The summed E-state index contributed by atoms with van der Waals surface area (Å²) in [5.74, 6) is 0.0357. The predicted molar refractivity (Wildman–Crippen MR) is 118 cm³/mol. The van der Waals surface area contributed by atoms with E-state index >= 15 is 0 Å². The zero-order valence-corrected chi connectivity index (χ0v) is 18.2. The monoisotopic (exact) mass is 409 g/mol. The summed E-state index contributed by atoms with van der Waals surface area (Å²) in [4.78, 5) is 15.1. The number of hydrogen-bond donors (Lipinski definition) is 1. The fourth-order valence-corrected chi connectivity index (χ4v) is 5.05. The zero-order valence-electron chi connectivity index (χ0n) is 17.4. The lowest BCUT2D eigenvalue weighted by atomic mass is 9.97. The standard InChI is InChI=1S/C22H27N5OS/c1-14-10-15(2)12-19(11-14)23-20(28)18-6-5-9-26(13-18)21-24-25-22(29-21)27-16(3)7-8-17(27)4/h7-8,10-12,18H,5-6,9,13H2,1-4H3,(H,23,28). The third-order valence-corrected chi connectivity index (χ3v) is 6.39. The van der Waals surface area contributed by atoms with Crippen molar-refractivity contribution in [2.75, 3.05) is 23.3 Å². The number of anilines is 2. The van der Waals surface area contributed by atoms with E-state index in [1.807, 2.05) is 26.0 Å². The average Bonchev–Trinajstić information content (AvgIpc) is 3.27. The summed E-state index contributed by atoms with van der Waals surface area (Å²) in [6.45, 7) is 9.82. The molecule has 1 aliphatic rings. The maximum Gasteiger partial charge on any atom is 0.229 e. The second-order valence-electron chi connectivity index (χ2n) is 7.97. The lowest BCUT2D eigenvalue weighted by molar-refractivity contribution is -0.120. The number of amides is 1. The Morgan fingerprint density at radius 3 is 2.38 bits per heavy atom. The number of piperidine rings is 1. The van der Waals surface area contributed by atoms with Crippen LogP contribution in [0, 0.1) is 33.6 Å².